The second kappa shape index (κ2) is 5.30. The Morgan fingerprint density at radius 3 is 2.54 bits per heavy atom. The number of para-hydroxylation sites is 1. The van der Waals surface area contributed by atoms with Crippen molar-refractivity contribution in [3.8, 4) is 0 Å². The van der Waals surface area contributed by atoms with Gasteiger partial charge >= 0.3 is 5.92 Å². The number of fused-ring (bicyclic) bond motifs is 2. The van der Waals surface area contributed by atoms with Gasteiger partial charge in [-0.05, 0) is 24.3 Å². The molecular formula is C20H15F3N2O. The van der Waals surface area contributed by atoms with Crippen LogP contribution < -0.4 is 0 Å². The molecule has 2 heterocycles. The van der Waals surface area contributed by atoms with Crippen LogP contribution in [0.3, 0.4) is 0 Å². The minimum absolute atomic E-state index is 0.00585. The van der Waals surface area contributed by atoms with E-state index in [2.05, 4.69) is 4.98 Å². The van der Waals surface area contributed by atoms with E-state index in [0.29, 0.717) is 11.1 Å². The number of alkyl halides is 2. The van der Waals surface area contributed by atoms with E-state index in [1.54, 1.807) is 6.07 Å². The molecule has 3 aromatic rings. The molecule has 2 aromatic carbocycles. The summed E-state index contributed by atoms with van der Waals surface area (Å²) in [7, 11) is 0. The molecule has 132 valence electrons. The molecular weight excluding hydrogens is 341 g/mol. The minimum Gasteiger partial charge on any atom is -0.623 e. The Morgan fingerprint density at radius 2 is 1.77 bits per heavy atom. The van der Waals surface area contributed by atoms with Crippen LogP contribution in [0.5, 0.6) is 0 Å². The van der Waals surface area contributed by atoms with Crippen molar-refractivity contribution >= 4 is 16.6 Å². The van der Waals surface area contributed by atoms with Gasteiger partial charge in [-0.1, -0.05) is 24.3 Å². The van der Waals surface area contributed by atoms with Crippen molar-refractivity contribution in [1.29, 1.82) is 0 Å². The van der Waals surface area contributed by atoms with E-state index < -0.39 is 22.8 Å². The van der Waals surface area contributed by atoms with Crippen LogP contribution in [0.4, 0.5) is 13.2 Å². The van der Waals surface area contributed by atoms with Crippen LogP contribution in [-0.4, -0.2) is 21.0 Å². The zero-order valence-corrected chi connectivity index (χ0v) is 14.1. The number of hydrogen-bond acceptors (Lipinski definition) is 2. The van der Waals surface area contributed by atoms with Crippen LogP contribution in [0, 0.1) is 11.0 Å². The lowest BCUT2D eigenvalue weighted by Crippen LogP contribution is -2.54. The summed E-state index contributed by atoms with van der Waals surface area (Å²) >= 11 is 0. The molecule has 26 heavy (non-hydrogen) atoms. The standard InChI is InChI=1S/C20H15F3N2O/c1-19(2)20(22,23)17-14(7-5-8-15(17)21)18(25(19)26)13-10-12-6-3-4-9-16(12)24-11-13/h3-11H,1-2H3. The molecule has 0 saturated carbocycles. The third kappa shape index (κ3) is 2.08. The summed E-state index contributed by atoms with van der Waals surface area (Å²) < 4.78 is 44.5. The lowest BCUT2D eigenvalue weighted by atomic mass is 9.81. The largest absolute Gasteiger partial charge is 0.623 e. The van der Waals surface area contributed by atoms with E-state index >= 15 is 0 Å². The van der Waals surface area contributed by atoms with Gasteiger partial charge in [0.2, 0.25) is 11.3 Å². The highest BCUT2D eigenvalue weighted by molar-refractivity contribution is 6.12. The number of halogens is 3. The second-order valence-electron chi connectivity index (χ2n) is 6.86. The Kier molecular flexibility index (Phi) is 3.38. The third-order valence-electron chi connectivity index (χ3n) is 4.93. The van der Waals surface area contributed by atoms with Crippen molar-refractivity contribution in [2.75, 3.05) is 0 Å². The van der Waals surface area contributed by atoms with E-state index in [4.69, 9.17) is 0 Å². The van der Waals surface area contributed by atoms with E-state index in [0.717, 1.165) is 25.3 Å². The molecule has 0 amide bonds. The van der Waals surface area contributed by atoms with Gasteiger partial charge < -0.3 is 5.21 Å². The number of nitrogens with zero attached hydrogens (tertiary/aromatic N) is 2. The third-order valence-corrected chi connectivity index (χ3v) is 4.93. The highest BCUT2D eigenvalue weighted by Gasteiger charge is 2.61. The quantitative estimate of drug-likeness (QED) is 0.472. The average Bonchev–Trinajstić information content (AvgIpc) is 2.60. The summed E-state index contributed by atoms with van der Waals surface area (Å²) in [6.07, 6.45) is 1.46. The van der Waals surface area contributed by atoms with Crippen LogP contribution in [0.1, 0.15) is 30.5 Å². The number of hydrogen-bond donors (Lipinski definition) is 0. The van der Waals surface area contributed by atoms with Crippen LogP contribution in [-0.2, 0) is 5.92 Å². The van der Waals surface area contributed by atoms with E-state index in [1.807, 2.05) is 24.3 Å². The minimum atomic E-state index is -3.65. The molecule has 1 aliphatic rings. The smallest absolute Gasteiger partial charge is 0.339 e. The highest BCUT2D eigenvalue weighted by atomic mass is 19.3. The highest BCUT2D eigenvalue weighted by Crippen LogP contribution is 2.47. The maximum atomic E-state index is 14.9. The van der Waals surface area contributed by atoms with Gasteiger partial charge in [-0.25, -0.2) is 4.39 Å². The number of aromatic nitrogens is 1. The molecule has 0 unspecified atom stereocenters. The zero-order valence-electron chi connectivity index (χ0n) is 14.1. The molecule has 0 saturated heterocycles. The number of benzene rings is 2. The fourth-order valence-electron chi connectivity index (χ4n) is 3.34. The maximum Gasteiger partial charge on any atom is 0.339 e. The molecule has 0 fully saturated rings. The normalized spacial score (nSPS) is 18.0. The van der Waals surface area contributed by atoms with Gasteiger partial charge in [-0.15, -0.1) is 0 Å². The van der Waals surface area contributed by atoms with Crippen molar-refractivity contribution < 1.29 is 17.9 Å². The first-order valence-corrected chi connectivity index (χ1v) is 8.12. The number of pyridine rings is 1. The van der Waals surface area contributed by atoms with Crippen LogP contribution in [0.2, 0.25) is 0 Å². The van der Waals surface area contributed by atoms with Crippen molar-refractivity contribution in [2.24, 2.45) is 0 Å². The maximum absolute atomic E-state index is 14.9. The van der Waals surface area contributed by atoms with Gasteiger partial charge in [0.1, 0.15) is 5.82 Å². The fourth-order valence-corrected chi connectivity index (χ4v) is 3.34. The molecule has 1 aliphatic heterocycles. The Bertz CT molecular complexity index is 1070. The molecule has 4 rings (SSSR count). The van der Waals surface area contributed by atoms with Gasteiger partial charge in [0.25, 0.3) is 0 Å². The molecule has 0 atom stereocenters. The van der Waals surface area contributed by atoms with Gasteiger partial charge in [0.15, 0.2) is 0 Å². The van der Waals surface area contributed by atoms with Gasteiger partial charge in [0, 0.05) is 25.4 Å². The Morgan fingerprint density at radius 1 is 1.04 bits per heavy atom. The first-order chi connectivity index (χ1) is 12.2. The van der Waals surface area contributed by atoms with Gasteiger partial charge in [-0.2, -0.15) is 13.5 Å². The van der Waals surface area contributed by atoms with Crippen molar-refractivity contribution in [3.05, 3.63) is 82.4 Å². The molecule has 1 aromatic heterocycles. The van der Waals surface area contributed by atoms with Crippen LogP contribution in [0.15, 0.2) is 54.7 Å². The molecule has 0 N–H and O–H groups in total. The van der Waals surface area contributed by atoms with E-state index in [1.165, 1.54) is 18.3 Å². The Labute approximate surface area is 148 Å². The Hall–Kier alpha value is -2.89. The molecule has 0 spiro atoms. The summed E-state index contributed by atoms with van der Waals surface area (Å²) in [4.78, 5) is 4.30. The second-order valence-corrected chi connectivity index (χ2v) is 6.86. The molecule has 3 nitrogen and oxygen atoms in total. The van der Waals surface area contributed by atoms with E-state index in [9.17, 15) is 18.4 Å². The predicted molar refractivity (Wildman–Crippen MR) is 93.0 cm³/mol. The molecule has 6 heteroatoms. The molecule has 0 aliphatic carbocycles. The zero-order chi connectivity index (χ0) is 18.7. The lowest BCUT2D eigenvalue weighted by molar-refractivity contribution is -0.578. The lowest BCUT2D eigenvalue weighted by Gasteiger charge is -2.38. The van der Waals surface area contributed by atoms with Crippen molar-refractivity contribution in [1.82, 2.24) is 4.98 Å². The fraction of sp³-hybridized carbons (Fsp3) is 0.200. The van der Waals surface area contributed by atoms with Gasteiger partial charge in [0.05, 0.1) is 22.2 Å². The van der Waals surface area contributed by atoms with Crippen molar-refractivity contribution in [3.63, 3.8) is 0 Å². The van der Waals surface area contributed by atoms with Crippen molar-refractivity contribution in [2.45, 2.75) is 25.3 Å². The summed E-state index contributed by atoms with van der Waals surface area (Å²) in [5.74, 6) is -4.68. The number of hydroxylamine groups is 1. The first-order valence-electron chi connectivity index (χ1n) is 8.12. The summed E-state index contributed by atoms with van der Waals surface area (Å²) in [6.45, 7) is 2.23. The first kappa shape index (κ1) is 16.6. The van der Waals surface area contributed by atoms with E-state index in [-0.39, 0.29) is 16.0 Å². The summed E-state index contributed by atoms with van der Waals surface area (Å²) in [5, 5.41) is 13.7. The topological polar surface area (TPSA) is 39.0 Å². The molecule has 0 radical (unpaired) electrons. The van der Waals surface area contributed by atoms with Crippen LogP contribution >= 0.6 is 0 Å². The average molecular weight is 356 g/mol. The van der Waals surface area contributed by atoms with Gasteiger partial charge in [-0.3, -0.25) is 4.98 Å². The van der Waals surface area contributed by atoms with Crippen LogP contribution in [0.25, 0.3) is 10.9 Å². The SMILES string of the molecule is CC1(C)[N+]([O-])=C(c2cnc3ccccc3c2)c2cccc(F)c2C1(F)F. The Balaban J connectivity index is 2.07. The number of rotatable bonds is 1. The predicted octanol–water partition coefficient (Wildman–Crippen LogP) is 4.61. The molecule has 0 bridgehead atoms. The monoisotopic (exact) mass is 356 g/mol. The summed E-state index contributed by atoms with van der Waals surface area (Å²) in [5.41, 5.74) is -1.93. The summed E-state index contributed by atoms with van der Waals surface area (Å²) in [6, 6.07) is 12.6.